The zero-order valence-corrected chi connectivity index (χ0v) is 8.66. The number of carboxylic acids is 1. The van der Waals surface area contributed by atoms with Crippen molar-refractivity contribution in [2.75, 3.05) is 0 Å². The summed E-state index contributed by atoms with van der Waals surface area (Å²) >= 11 is 0. The SMILES string of the molecule is O=C(O)CCCc1c[nH]c2cc(F)ccc12. The molecule has 0 aliphatic rings. The molecule has 0 aliphatic carbocycles. The van der Waals surface area contributed by atoms with E-state index in [0.717, 1.165) is 16.5 Å². The fourth-order valence-electron chi connectivity index (χ4n) is 1.80. The van der Waals surface area contributed by atoms with Gasteiger partial charge in [-0.15, -0.1) is 0 Å². The van der Waals surface area contributed by atoms with Gasteiger partial charge in [-0.1, -0.05) is 0 Å². The van der Waals surface area contributed by atoms with E-state index in [1.807, 2.05) is 6.20 Å². The first-order valence-electron chi connectivity index (χ1n) is 5.14. The third-order valence-corrected chi connectivity index (χ3v) is 2.57. The van der Waals surface area contributed by atoms with Gasteiger partial charge in [-0.25, -0.2) is 4.39 Å². The van der Waals surface area contributed by atoms with E-state index in [9.17, 15) is 9.18 Å². The predicted molar refractivity (Wildman–Crippen MR) is 58.8 cm³/mol. The summed E-state index contributed by atoms with van der Waals surface area (Å²) in [5.74, 6) is -1.06. The van der Waals surface area contributed by atoms with Crippen LogP contribution in [0.3, 0.4) is 0 Å². The third kappa shape index (κ3) is 2.21. The maximum atomic E-state index is 12.9. The number of halogens is 1. The summed E-state index contributed by atoms with van der Waals surface area (Å²) in [4.78, 5) is 13.4. The van der Waals surface area contributed by atoms with E-state index in [-0.39, 0.29) is 12.2 Å². The summed E-state index contributed by atoms with van der Waals surface area (Å²) in [5.41, 5.74) is 1.79. The Hall–Kier alpha value is -1.84. The summed E-state index contributed by atoms with van der Waals surface area (Å²) in [7, 11) is 0. The van der Waals surface area contributed by atoms with Crippen molar-refractivity contribution in [3.05, 3.63) is 35.8 Å². The van der Waals surface area contributed by atoms with Crippen LogP contribution in [0.4, 0.5) is 4.39 Å². The lowest BCUT2D eigenvalue weighted by atomic mass is 10.1. The van der Waals surface area contributed by atoms with Crippen molar-refractivity contribution >= 4 is 16.9 Å². The van der Waals surface area contributed by atoms with Crippen LogP contribution in [0.15, 0.2) is 24.4 Å². The van der Waals surface area contributed by atoms with Gasteiger partial charge in [0, 0.05) is 23.5 Å². The second-order valence-corrected chi connectivity index (χ2v) is 3.75. The van der Waals surface area contributed by atoms with Crippen LogP contribution in [0.2, 0.25) is 0 Å². The van der Waals surface area contributed by atoms with Crippen LogP contribution in [0.1, 0.15) is 18.4 Å². The number of benzene rings is 1. The molecule has 0 unspecified atom stereocenters. The maximum absolute atomic E-state index is 12.9. The minimum Gasteiger partial charge on any atom is -0.481 e. The Morgan fingerprint density at radius 2 is 2.25 bits per heavy atom. The Labute approximate surface area is 91.9 Å². The van der Waals surface area contributed by atoms with E-state index in [4.69, 9.17) is 5.11 Å². The van der Waals surface area contributed by atoms with E-state index in [0.29, 0.717) is 12.8 Å². The van der Waals surface area contributed by atoms with Crippen molar-refractivity contribution in [1.82, 2.24) is 4.98 Å². The van der Waals surface area contributed by atoms with Gasteiger partial charge in [-0.3, -0.25) is 4.79 Å². The highest BCUT2D eigenvalue weighted by atomic mass is 19.1. The number of nitrogens with one attached hydrogen (secondary N) is 1. The molecule has 0 bridgehead atoms. The number of carbonyl (C=O) groups is 1. The number of hydrogen-bond acceptors (Lipinski definition) is 1. The molecule has 16 heavy (non-hydrogen) atoms. The lowest BCUT2D eigenvalue weighted by Gasteiger charge is -1.97. The average Bonchev–Trinajstić information content (AvgIpc) is 2.60. The number of aryl methyl sites for hydroxylation is 1. The topological polar surface area (TPSA) is 53.1 Å². The number of fused-ring (bicyclic) bond motifs is 1. The van der Waals surface area contributed by atoms with Crippen molar-refractivity contribution in [2.45, 2.75) is 19.3 Å². The first-order valence-corrected chi connectivity index (χ1v) is 5.14. The molecule has 4 heteroatoms. The second kappa shape index (κ2) is 4.35. The zero-order chi connectivity index (χ0) is 11.5. The Balaban J connectivity index is 2.15. The number of H-pyrrole nitrogens is 1. The number of rotatable bonds is 4. The van der Waals surface area contributed by atoms with Crippen molar-refractivity contribution in [1.29, 1.82) is 0 Å². The molecule has 3 nitrogen and oxygen atoms in total. The van der Waals surface area contributed by atoms with E-state index in [2.05, 4.69) is 4.98 Å². The van der Waals surface area contributed by atoms with Crippen molar-refractivity contribution in [3.63, 3.8) is 0 Å². The molecule has 0 radical (unpaired) electrons. The normalized spacial score (nSPS) is 10.8. The van der Waals surface area contributed by atoms with Crippen LogP contribution < -0.4 is 0 Å². The molecule has 0 saturated heterocycles. The summed E-state index contributed by atoms with van der Waals surface area (Å²) in [6.45, 7) is 0. The van der Waals surface area contributed by atoms with Crippen molar-refractivity contribution < 1.29 is 14.3 Å². The molecule has 0 saturated carbocycles. The fraction of sp³-hybridized carbons (Fsp3) is 0.250. The molecule has 0 aliphatic heterocycles. The molecule has 2 aromatic rings. The van der Waals surface area contributed by atoms with Crippen LogP contribution in [0.5, 0.6) is 0 Å². The fourth-order valence-corrected chi connectivity index (χ4v) is 1.80. The number of aromatic amines is 1. The Morgan fingerprint density at radius 3 is 3.00 bits per heavy atom. The van der Waals surface area contributed by atoms with Crippen molar-refractivity contribution in [3.8, 4) is 0 Å². The Kier molecular flexibility index (Phi) is 2.90. The highest BCUT2D eigenvalue weighted by Gasteiger charge is 2.05. The predicted octanol–water partition coefficient (Wildman–Crippen LogP) is 2.71. The molecule has 2 N–H and O–H groups in total. The van der Waals surface area contributed by atoms with Gasteiger partial charge in [0.05, 0.1) is 0 Å². The number of aliphatic carboxylic acids is 1. The van der Waals surface area contributed by atoms with Gasteiger partial charge in [0.25, 0.3) is 0 Å². The average molecular weight is 221 g/mol. The van der Waals surface area contributed by atoms with Gasteiger partial charge < -0.3 is 10.1 Å². The van der Waals surface area contributed by atoms with Gasteiger partial charge >= 0.3 is 5.97 Å². The molecular weight excluding hydrogens is 209 g/mol. The van der Waals surface area contributed by atoms with Gasteiger partial charge in [-0.05, 0) is 36.6 Å². The molecule has 0 amide bonds. The lowest BCUT2D eigenvalue weighted by Crippen LogP contribution is -1.95. The van der Waals surface area contributed by atoms with E-state index in [1.54, 1.807) is 6.07 Å². The molecule has 84 valence electrons. The molecule has 1 aromatic heterocycles. The van der Waals surface area contributed by atoms with E-state index < -0.39 is 5.97 Å². The molecule has 2 rings (SSSR count). The highest BCUT2D eigenvalue weighted by molar-refractivity contribution is 5.83. The van der Waals surface area contributed by atoms with Gasteiger partial charge in [-0.2, -0.15) is 0 Å². The maximum Gasteiger partial charge on any atom is 0.303 e. The highest BCUT2D eigenvalue weighted by Crippen LogP contribution is 2.20. The Morgan fingerprint density at radius 1 is 1.44 bits per heavy atom. The molecule has 1 heterocycles. The van der Waals surface area contributed by atoms with Gasteiger partial charge in [0.15, 0.2) is 0 Å². The van der Waals surface area contributed by atoms with E-state index >= 15 is 0 Å². The largest absolute Gasteiger partial charge is 0.481 e. The second-order valence-electron chi connectivity index (χ2n) is 3.75. The molecular formula is C12H12FNO2. The number of carboxylic acid groups (broad SMARTS) is 1. The Bertz CT molecular complexity index is 519. The lowest BCUT2D eigenvalue weighted by molar-refractivity contribution is -0.137. The van der Waals surface area contributed by atoms with Crippen LogP contribution in [-0.4, -0.2) is 16.1 Å². The smallest absolute Gasteiger partial charge is 0.303 e. The number of aromatic nitrogens is 1. The first kappa shape index (κ1) is 10.7. The third-order valence-electron chi connectivity index (χ3n) is 2.57. The molecule has 0 spiro atoms. The van der Waals surface area contributed by atoms with Crippen LogP contribution >= 0.6 is 0 Å². The van der Waals surface area contributed by atoms with E-state index in [1.165, 1.54) is 12.1 Å². The standard InChI is InChI=1S/C12H12FNO2/c13-9-4-5-10-8(2-1-3-12(15)16)7-14-11(10)6-9/h4-7,14H,1-3H2,(H,15,16). The monoisotopic (exact) mass is 221 g/mol. The first-order chi connectivity index (χ1) is 7.66. The van der Waals surface area contributed by atoms with Crippen LogP contribution in [0, 0.1) is 5.82 Å². The summed E-state index contributed by atoms with van der Waals surface area (Å²) in [5, 5.41) is 9.50. The molecule has 0 fully saturated rings. The zero-order valence-electron chi connectivity index (χ0n) is 8.66. The number of hydrogen-bond donors (Lipinski definition) is 2. The summed E-state index contributed by atoms with van der Waals surface area (Å²) < 4.78 is 12.9. The summed E-state index contributed by atoms with van der Waals surface area (Å²) in [6.07, 6.45) is 3.26. The quantitative estimate of drug-likeness (QED) is 0.834. The van der Waals surface area contributed by atoms with Gasteiger partial charge in [0.1, 0.15) is 5.82 Å². The minimum atomic E-state index is -0.786. The molecule has 0 atom stereocenters. The van der Waals surface area contributed by atoms with Crippen LogP contribution in [-0.2, 0) is 11.2 Å². The minimum absolute atomic E-state index is 0.161. The summed E-state index contributed by atoms with van der Waals surface area (Å²) in [6, 6.07) is 4.57. The van der Waals surface area contributed by atoms with Crippen molar-refractivity contribution in [2.24, 2.45) is 0 Å². The van der Waals surface area contributed by atoms with Crippen LogP contribution in [0.25, 0.3) is 10.9 Å². The molecule has 1 aromatic carbocycles. The van der Waals surface area contributed by atoms with Gasteiger partial charge in [0.2, 0.25) is 0 Å².